The molecule has 7 nitrogen and oxygen atoms in total. The molecule has 0 atom stereocenters. The summed E-state index contributed by atoms with van der Waals surface area (Å²) in [6, 6.07) is 8.69. The van der Waals surface area contributed by atoms with Crippen molar-refractivity contribution in [3.63, 3.8) is 0 Å². The maximum Gasteiger partial charge on any atom is 0.349 e. The fraction of sp³-hybridized carbons (Fsp3) is 0.353. The Kier molecular flexibility index (Phi) is 4.61. The van der Waals surface area contributed by atoms with Gasteiger partial charge < -0.3 is 14.6 Å². The van der Waals surface area contributed by atoms with Gasteiger partial charge in [-0.2, -0.15) is 0 Å². The first kappa shape index (κ1) is 16.2. The van der Waals surface area contributed by atoms with Gasteiger partial charge in [0.25, 0.3) is 5.91 Å². The molecule has 2 heterocycles. The molecule has 24 heavy (non-hydrogen) atoms. The first-order chi connectivity index (χ1) is 11.6. The molecule has 7 heteroatoms. The number of amides is 2. The van der Waals surface area contributed by atoms with Gasteiger partial charge in [-0.05, 0) is 12.1 Å². The highest BCUT2D eigenvalue weighted by Crippen LogP contribution is 2.14. The molecule has 0 saturated carbocycles. The standard InChI is InChI=1S/C17H19N3O4/c1-18-15(21)11-19-6-8-20(9-7-19)16(22)13-10-12-4-2-3-5-14(12)24-17(13)23/h2-5,10H,6-9,11H2,1H3,(H,18,21). The summed E-state index contributed by atoms with van der Waals surface area (Å²) in [7, 11) is 1.60. The number of carbonyl (C=O) groups excluding carboxylic acids is 2. The Morgan fingerprint density at radius 3 is 2.58 bits per heavy atom. The van der Waals surface area contributed by atoms with Gasteiger partial charge in [0.1, 0.15) is 11.1 Å². The van der Waals surface area contributed by atoms with E-state index in [1.807, 2.05) is 11.0 Å². The second-order valence-electron chi connectivity index (χ2n) is 5.73. The first-order valence-corrected chi connectivity index (χ1v) is 7.83. The van der Waals surface area contributed by atoms with E-state index in [1.54, 1.807) is 36.2 Å². The van der Waals surface area contributed by atoms with Gasteiger partial charge in [0.2, 0.25) is 5.91 Å². The highest BCUT2D eigenvalue weighted by molar-refractivity contribution is 5.96. The van der Waals surface area contributed by atoms with Crippen LogP contribution in [0.2, 0.25) is 0 Å². The first-order valence-electron chi connectivity index (χ1n) is 7.83. The number of hydrogen-bond acceptors (Lipinski definition) is 5. The van der Waals surface area contributed by atoms with Crippen molar-refractivity contribution in [3.05, 3.63) is 46.3 Å². The minimum absolute atomic E-state index is 0.0495. The van der Waals surface area contributed by atoms with E-state index in [0.29, 0.717) is 38.3 Å². The average Bonchev–Trinajstić information content (AvgIpc) is 2.61. The van der Waals surface area contributed by atoms with Crippen LogP contribution in [0.5, 0.6) is 0 Å². The molecule has 3 rings (SSSR count). The molecule has 1 aliphatic rings. The third-order valence-corrected chi connectivity index (χ3v) is 4.18. The smallest absolute Gasteiger partial charge is 0.349 e. The van der Waals surface area contributed by atoms with E-state index in [9.17, 15) is 14.4 Å². The number of nitrogens with one attached hydrogen (secondary N) is 1. The number of para-hydroxylation sites is 1. The van der Waals surface area contributed by atoms with Crippen molar-refractivity contribution in [1.29, 1.82) is 0 Å². The van der Waals surface area contributed by atoms with Gasteiger partial charge in [-0.15, -0.1) is 0 Å². The quantitative estimate of drug-likeness (QED) is 0.819. The molecule has 126 valence electrons. The number of hydrogen-bond donors (Lipinski definition) is 1. The number of carbonyl (C=O) groups is 2. The molecule has 0 radical (unpaired) electrons. The van der Waals surface area contributed by atoms with E-state index in [1.165, 1.54) is 0 Å². The predicted molar refractivity (Wildman–Crippen MR) is 88.9 cm³/mol. The van der Waals surface area contributed by atoms with E-state index < -0.39 is 5.63 Å². The molecule has 1 aliphatic heterocycles. The lowest BCUT2D eigenvalue weighted by Gasteiger charge is -2.34. The highest BCUT2D eigenvalue weighted by atomic mass is 16.4. The lowest BCUT2D eigenvalue weighted by molar-refractivity contribution is -0.122. The van der Waals surface area contributed by atoms with Crippen LogP contribution in [0.1, 0.15) is 10.4 Å². The normalized spacial score (nSPS) is 15.5. The zero-order valence-corrected chi connectivity index (χ0v) is 13.4. The number of piperazine rings is 1. The van der Waals surface area contributed by atoms with Crippen LogP contribution in [-0.2, 0) is 4.79 Å². The van der Waals surface area contributed by atoms with Gasteiger partial charge in [0.15, 0.2) is 0 Å². The summed E-state index contributed by atoms with van der Waals surface area (Å²) in [6.07, 6.45) is 0. The van der Waals surface area contributed by atoms with Crippen LogP contribution in [0, 0.1) is 0 Å². The summed E-state index contributed by atoms with van der Waals surface area (Å²) in [5.41, 5.74) is -0.102. The third-order valence-electron chi connectivity index (χ3n) is 4.18. The Labute approximate surface area is 138 Å². The summed E-state index contributed by atoms with van der Waals surface area (Å²) >= 11 is 0. The van der Waals surface area contributed by atoms with Crippen molar-refractivity contribution < 1.29 is 14.0 Å². The molecular formula is C17H19N3O4. The largest absolute Gasteiger partial charge is 0.422 e. The minimum atomic E-state index is -0.619. The van der Waals surface area contributed by atoms with Crippen molar-refractivity contribution >= 4 is 22.8 Å². The third kappa shape index (κ3) is 3.30. The van der Waals surface area contributed by atoms with Crippen LogP contribution >= 0.6 is 0 Å². The Balaban J connectivity index is 1.73. The zero-order valence-electron chi connectivity index (χ0n) is 13.4. The fourth-order valence-electron chi connectivity index (χ4n) is 2.77. The maximum absolute atomic E-state index is 12.6. The topological polar surface area (TPSA) is 82.9 Å². The minimum Gasteiger partial charge on any atom is -0.422 e. The lowest BCUT2D eigenvalue weighted by atomic mass is 10.1. The van der Waals surface area contributed by atoms with Crippen LogP contribution in [0.15, 0.2) is 39.5 Å². The molecule has 1 saturated heterocycles. The fourth-order valence-corrected chi connectivity index (χ4v) is 2.77. The van der Waals surface area contributed by atoms with Gasteiger partial charge >= 0.3 is 5.63 Å². The molecule has 1 fully saturated rings. The molecule has 0 unspecified atom stereocenters. The monoisotopic (exact) mass is 329 g/mol. The number of fused-ring (bicyclic) bond motifs is 1. The maximum atomic E-state index is 12.6. The molecule has 0 spiro atoms. The molecule has 2 amide bonds. The van der Waals surface area contributed by atoms with Crippen molar-refractivity contribution in [2.75, 3.05) is 39.8 Å². The molecule has 0 aliphatic carbocycles. The summed E-state index contributed by atoms with van der Waals surface area (Å²) in [6.45, 7) is 2.46. The molecule has 0 bridgehead atoms. The van der Waals surface area contributed by atoms with Crippen LogP contribution < -0.4 is 10.9 Å². The Morgan fingerprint density at radius 1 is 1.17 bits per heavy atom. The van der Waals surface area contributed by atoms with Gasteiger partial charge in [-0.3, -0.25) is 14.5 Å². The van der Waals surface area contributed by atoms with Crippen molar-refractivity contribution in [3.8, 4) is 0 Å². The number of nitrogens with zero attached hydrogens (tertiary/aromatic N) is 2. The lowest BCUT2D eigenvalue weighted by Crippen LogP contribution is -2.51. The van der Waals surface area contributed by atoms with Gasteiger partial charge in [-0.1, -0.05) is 18.2 Å². The van der Waals surface area contributed by atoms with E-state index >= 15 is 0 Å². The molecule has 1 aromatic carbocycles. The number of benzene rings is 1. The van der Waals surface area contributed by atoms with Crippen molar-refractivity contribution in [2.24, 2.45) is 0 Å². The second kappa shape index (κ2) is 6.84. The van der Waals surface area contributed by atoms with E-state index in [4.69, 9.17) is 4.42 Å². The summed E-state index contributed by atoms with van der Waals surface area (Å²) in [5.74, 6) is -0.376. The van der Waals surface area contributed by atoms with Gasteiger partial charge in [0.05, 0.1) is 6.54 Å². The van der Waals surface area contributed by atoms with Crippen molar-refractivity contribution in [1.82, 2.24) is 15.1 Å². The van der Waals surface area contributed by atoms with E-state index in [0.717, 1.165) is 5.39 Å². The highest BCUT2D eigenvalue weighted by Gasteiger charge is 2.25. The molecular weight excluding hydrogens is 310 g/mol. The van der Waals surface area contributed by atoms with Crippen LogP contribution in [0.3, 0.4) is 0 Å². The van der Waals surface area contributed by atoms with E-state index in [-0.39, 0.29) is 17.4 Å². The molecule has 2 aromatic rings. The van der Waals surface area contributed by atoms with E-state index in [2.05, 4.69) is 5.32 Å². The predicted octanol–water partition coefficient (Wildman–Crippen LogP) is 0.297. The van der Waals surface area contributed by atoms with Crippen LogP contribution in [0.4, 0.5) is 0 Å². The van der Waals surface area contributed by atoms with Gasteiger partial charge in [-0.25, -0.2) is 4.79 Å². The summed E-state index contributed by atoms with van der Waals surface area (Å²) < 4.78 is 5.23. The van der Waals surface area contributed by atoms with Crippen molar-refractivity contribution in [2.45, 2.75) is 0 Å². The number of rotatable bonds is 3. The Hall–Kier alpha value is -2.67. The molecule has 1 N–H and O–H groups in total. The Morgan fingerprint density at radius 2 is 1.88 bits per heavy atom. The summed E-state index contributed by atoms with van der Waals surface area (Å²) in [5, 5.41) is 3.30. The molecule has 1 aromatic heterocycles. The number of likely N-dealkylation sites (N-methyl/N-ethyl adjacent to an activating group) is 1. The Bertz CT molecular complexity index is 822. The summed E-state index contributed by atoms with van der Waals surface area (Å²) in [4.78, 5) is 39.7. The SMILES string of the molecule is CNC(=O)CN1CCN(C(=O)c2cc3ccccc3oc2=O)CC1. The average molecular weight is 329 g/mol. The van der Waals surface area contributed by atoms with Crippen LogP contribution in [0.25, 0.3) is 11.0 Å². The van der Waals surface area contributed by atoms with Gasteiger partial charge in [0, 0.05) is 38.6 Å². The van der Waals surface area contributed by atoms with Crippen LogP contribution in [-0.4, -0.2) is 61.4 Å². The zero-order chi connectivity index (χ0) is 17.1. The second-order valence-corrected chi connectivity index (χ2v) is 5.73.